The first-order valence-electron chi connectivity index (χ1n) is 7.13. The Balaban J connectivity index is 2.47. The van der Waals surface area contributed by atoms with Crippen LogP contribution >= 0.6 is 0 Å². The van der Waals surface area contributed by atoms with Gasteiger partial charge >= 0.3 is 0 Å². The van der Waals surface area contributed by atoms with Gasteiger partial charge < -0.3 is 10.6 Å². The first kappa shape index (κ1) is 13.8. The SMILES string of the molecule is CCCN(CCC)c1cc(CN)c2ccccc2n1. The molecule has 0 aliphatic carbocycles. The average Bonchev–Trinajstić information content (AvgIpc) is 2.46. The van der Waals surface area contributed by atoms with Crippen LogP contribution in [0.5, 0.6) is 0 Å². The molecule has 0 aliphatic rings. The molecule has 3 heteroatoms. The number of aromatic nitrogens is 1. The summed E-state index contributed by atoms with van der Waals surface area (Å²) in [7, 11) is 0. The topological polar surface area (TPSA) is 42.1 Å². The van der Waals surface area contributed by atoms with E-state index in [0.29, 0.717) is 6.54 Å². The largest absolute Gasteiger partial charge is 0.357 e. The summed E-state index contributed by atoms with van der Waals surface area (Å²) >= 11 is 0. The van der Waals surface area contributed by atoms with Crippen molar-refractivity contribution in [3.8, 4) is 0 Å². The number of fused-ring (bicyclic) bond motifs is 1. The second-order valence-electron chi connectivity index (χ2n) is 4.85. The van der Waals surface area contributed by atoms with Crippen molar-refractivity contribution in [3.05, 3.63) is 35.9 Å². The molecule has 1 heterocycles. The highest BCUT2D eigenvalue weighted by Crippen LogP contribution is 2.23. The number of nitrogens with two attached hydrogens (primary N) is 1. The summed E-state index contributed by atoms with van der Waals surface area (Å²) in [5.41, 5.74) is 8.10. The fourth-order valence-electron chi connectivity index (χ4n) is 2.44. The molecule has 0 bridgehead atoms. The monoisotopic (exact) mass is 257 g/mol. The third-order valence-corrected chi connectivity index (χ3v) is 3.32. The Morgan fingerprint density at radius 1 is 1.11 bits per heavy atom. The highest BCUT2D eigenvalue weighted by atomic mass is 15.2. The van der Waals surface area contributed by atoms with Crippen LogP contribution in [-0.4, -0.2) is 18.1 Å². The van der Waals surface area contributed by atoms with Gasteiger partial charge in [-0.1, -0.05) is 32.0 Å². The minimum atomic E-state index is 0.558. The first-order chi connectivity index (χ1) is 9.30. The van der Waals surface area contributed by atoms with Crippen LogP contribution in [0.25, 0.3) is 10.9 Å². The van der Waals surface area contributed by atoms with E-state index < -0.39 is 0 Å². The van der Waals surface area contributed by atoms with Crippen LogP contribution in [-0.2, 0) is 6.54 Å². The maximum absolute atomic E-state index is 5.89. The lowest BCUT2D eigenvalue weighted by atomic mass is 10.1. The molecule has 2 N–H and O–H groups in total. The number of pyridine rings is 1. The molecule has 19 heavy (non-hydrogen) atoms. The van der Waals surface area contributed by atoms with Crippen molar-refractivity contribution in [2.75, 3.05) is 18.0 Å². The fourth-order valence-corrected chi connectivity index (χ4v) is 2.44. The predicted octanol–water partition coefficient (Wildman–Crippen LogP) is 3.32. The van der Waals surface area contributed by atoms with Crippen LogP contribution in [0.2, 0.25) is 0 Å². The molecule has 0 fully saturated rings. The number of benzene rings is 1. The van der Waals surface area contributed by atoms with Crippen molar-refractivity contribution in [2.24, 2.45) is 5.73 Å². The van der Waals surface area contributed by atoms with Crippen molar-refractivity contribution >= 4 is 16.7 Å². The maximum atomic E-state index is 5.89. The highest BCUT2D eigenvalue weighted by molar-refractivity contribution is 5.84. The van der Waals surface area contributed by atoms with Crippen molar-refractivity contribution < 1.29 is 0 Å². The first-order valence-corrected chi connectivity index (χ1v) is 7.13. The van der Waals surface area contributed by atoms with Crippen LogP contribution in [0.1, 0.15) is 32.3 Å². The lowest BCUT2D eigenvalue weighted by molar-refractivity contribution is 0.735. The zero-order valence-electron chi connectivity index (χ0n) is 11.9. The van der Waals surface area contributed by atoms with Gasteiger partial charge in [-0.15, -0.1) is 0 Å². The van der Waals surface area contributed by atoms with Gasteiger partial charge in [-0.2, -0.15) is 0 Å². The predicted molar refractivity (Wildman–Crippen MR) is 82.4 cm³/mol. The summed E-state index contributed by atoms with van der Waals surface area (Å²) in [5, 5.41) is 1.17. The molecule has 0 spiro atoms. The zero-order chi connectivity index (χ0) is 13.7. The molecule has 2 aromatic rings. The van der Waals surface area contributed by atoms with Crippen LogP contribution in [0.15, 0.2) is 30.3 Å². The second kappa shape index (κ2) is 6.53. The summed E-state index contributed by atoms with van der Waals surface area (Å²) in [6, 6.07) is 10.4. The van der Waals surface area contributed by atoms with Gasteiger partial charge in [0.2, 0.25) is 0 Å². The average molecular weight is 257 g/mol. The summed E-state index contributed by atoms with van der Waals surface area (Å²) in [5.74, 6) is 1.06. The molecule has 0 unspecified atom stereocenters. The van der Waals surface area contributed by atoms with Crippen molar-refractivity contribution in [3.63, 3.8) is 0 Å². The van der Waals surface area contributed by atoms with Crippen LogP contribution in [0.4, 0.5) is 5.82 Å². The van der Waals surface area contributed by atoms with Gasteiger partial charge in [-0.25, -0.2) is 4.98 Å². The maximum Gasteiger partial charge on any atom is 0.129 e. The van der Waals surface area contributed by atoms with Crippen LogP contribution < -0.4 is 10.6 Å². The standard InChI is InChI=1S/C16H23N3/c1-3-9-19(10-4-2)16-11-13(12-17)14-7-5-6-8-15(14)18-16/h5-8,11H,3-4,9-10,12,17H2,1-2H3. The van der Waals surface area contributed by atoms with Crippen molar-refractivity contribution in [1.82, 2.24) is 4.98 Å². The molecule has 2 rings (SSSR count). The Morgan fingerprint density at radius 2 is 1.79 bits per heavy atom. The molecule has 0 aliphatic heterocycles. The van der Waals surface area contributed by atoms with E-state index in [1.54, 1.807) is 0 Å². The molecule has 0 radical (unpaired) electrons. The van der Waals surface area contributed by atoms with Crippen LogP contribution in [0, 0.1) is 0 Å². The summed E-state index contributed by atoms with van der Waals surface area (Å²) in [6.45, 7) is 7.05. The smallest absolute Gasteiger partial charge is 0.129 e. The highest BCUT2D eigenvalue weighted by Gasteiger charge is 2.10. The molecule has 0 saturated carbocycles. The van der Waals surface area contributed by atoms with Gasteiger partial charge in [0, 0.05) is 25.0 Å². The molecular weight excluding hydrogens is 234 g/mol. The number of anilines is 1. The van der Waals surface area contributed by atoms with E-state index in [1.165, 1.54) is 10.9 Å². The number of hydrogen-bond donors (Lipinski definition) is 1. The minimum Gasteiger partial charge on any atom is -0.357 e. The fraction of sp³-hybridized carbons (Fsp3) is 0.438. The molecular formula is C16H23N3. The summed E-state index contributed by atoms with van der Waals surface area (Å²) < 4.78 is 0. The Hall–Kier alpha value is -1.61. The number of rotatable bonds is 6. The van der Waals surface area contributed by atoms with E-state index in [1.807, 2.05) is 12.1 Å². The summed E-state index contributed by atoms with van der Waals surface area (Å²) in [4.78, 5) is 7.14. The molecule has 1 aromatic heterocycles. The van der Waals surface area contributed by atoms with Crippen LogP contribution in [0.3, 0.4) is 0 Å². The van der Waals surface area contributed by atoms with E-state index in [9.17, 15) is 0 Å². The van der Waals surface area contributed by atoms with E-state index >= 15 is 0 Å². The van der Waals surface area contributed by atoms with Crippen molar-refractivity contribution in [2.45, 2.75) is 33.2 Å². The number of hydrogen-bond acceptors (Lipinski definition) is 3. The van der Waals surface area contributed by atoms with E-state index in [2.05, 4.69) is 36.9 Å². The molecule has 0 atom stereocenters. The third kappa shape index (κ3) is 3.04. The Kier molecular flexibility index (Phi) is 4.74. The third-order valence-electron chi connectivity index (χ3n) is 3.32. The lowest BCUT2D eigenvalue weighted by Crippen LogP contribution is -2.26. The van der Waals surface area contributed by atoms with Crippen molar-refractivity contribution in [1.29, 1.82) is 0 Å². The Morgan fingerprint density at radius 3 is 2.42 bits per heavy atom. The van der Waals surface area contributed by atoms with E-state index in [4.69, 9.17) is 10.7 Å². The van der Waals surface area contributed by atoms with Gasteiger partial charge in [0.25, 0.3) is 0 Å². The van der Waals surface area contributed by atoms with Gasteiger partial charge in [0.05, 0.1) is 5.52 Å². The Labute approximate surface area is 115 Å². The van der Waals surface area contributed by atoms with Gasteiger partial charge in [0.1, 0.15) is 5.82 Å². The molecule has 102 valence electrons. The summed E-state index contributed by atoms with van der Waals surface area (Å²) in [6.07, 6.45) is 2.26. The molecule has 1 aromatic carbocycles. The van der Waals surface area contributed by atoms with E-state index in [-0.39, 0.29) is 0 Å². The second-order valence-corrected chi connectivity index (χ2v) is 4.85. The number of para-hydroxylation sites is 1. The zero-order valence-corrected chi connectivity index (χ0v) is 11.9. The van der Waals surface area contributed by atoms with E-state index in [0.717, 1.165) is 37.3 Å². The lowest BCUT2D eigenvalue weighted by Gasteiger charge is -2.23. The molecule has 0 saturated heterocycles. The minimum absolute atomic E-state index is 0.558. The quantitative estimate of drug-likeness (QED) is 0.863. The van der Waals surface area contributed by atoms with Gasteiger partial charge in [-0.3, -0.25) is 0 Å². The Bertz CT molecular complexity index is 531. The van der Waals surface area contributed by atoms with Gasteiger partial charge in [-0.05, 0) is 30.5 Å². The molecule has 3 nitrogen and oxygen atoms in total. The van der Waals surface area contributed by atoms with Gasteiger partial charge in [0.15, 0.2) is 0 Å². The number of nitrogens with zero attached hydrogens (tertiary/aromatic N) is 2. The molecule has 0 amide bonds. The normalized spacial score (nSPS) is 10.9.